The number of aliphatic hydroxyl groups is 2. The van der Waals surface area contributed by atoms with E-state index in [4.69, 9.17) is 56.8 Å². The van der Waals surface area contributed by atoms with Crippen molar-refractivity contribution in [3.05, 3.63) is 71.8 Å². The maximum Gasteiger partial charge on any atom is 0.221 e. The molecular formula is C60H92O14. The quantitative estimate of drug-likeness (QED) is 0.146. The topological polar surface area (TPSA) is 151 Å². The number of hydrogen-bond donors (Lipinski definition) is 2. The maximum atomic E-state index is 10.9. The number of fused-ring (bicyclic) bond motifs is 2. The summed E-state index contributed by atoms with van der Waals surface area (Å²) in [5.41, 5.74) is 2.09. The molecule has 0 amide bonds. The Kier molecular flexibility index (Phi) is 20.4. The van der Waals surface area contributed by atoms with Crippen molar-refractivity contribution < 1.29 is 67.1 Å². The predicted molar refractivity (Wildman–Crippen MR) is 277 cm³/mol. The van der Waals surface area contributed by atoms with E-state index in [9.17, 15) is 10.2 Å². The Balaban J connectivity index is 0.000000182. The first kappa shape index (κ1) is 56.6. The standard InChI is InChI=1S/2C30H46O7/c2*1-29(34-19-23-14-8-4-9-15-23)30(2,35-20-24-16-10-5-11-17-24)37-27-26(36-29)25(31)21-33-28(27)32-18-22-12-6-3-7-13-22/h2*3,6-7,12-13,23-28,31H,4-5,8-11,14-21H2,1-2H3/t2*25-,26-,27+,28-,29+,30+/m00/s1. The van der Waals surface area contributed by atoms with Crippen molar-refractivity contribution >= 4 is 0 Å². The number of rotatable bonds is 18. The van der Waals surface area contributed by atoms with Gasteiger partial charge in [-0.15, -0.1) is 0 Å². The minimum Gasteiger partial charge on any atom is -0.388 e. The van der Waals surface area contributed by atoms with Crippen LogP contribution in [0.5, 0.6) is 0 Å². The third kappa shape index (κ3) is 14.4. The van der Waals surface area contributed by atoms with Gasteiger partial charge in [0.25, 0.3) is 0 Å². The molecule has 4 saturated heterocycles. The van der Waals surface area contributed by atoms with Gasteiger partial charge < -0.3 is 67.1 Å². The van der Waals surface area contributed by atoms with Crippen molar-refractivity contribution in [3.63, 3.8) is 0 Å². The Morgan fingerprint density at radius 2 is 0.662 bits per heavy atom. The van der Waals surface area contributed by atoms with Gasteiger partial charge in [0, 0.05) is 0 Å². The van der Waals surface area contributed by atoms with E-state index in [1.165, 1.54) is 128 Å². The molecule has 8 fully saturated rings. The maximum absolute atomic E-state index is 10.9. The first-order valence-corrected chi connectivity index (χ1v) is 29.1. The summed E-state index contributed by atoms with van der Waals surface area (Å²) in [7, 11) is 0. The second-order valence-corrected chi connectivity index (χ2v) is 23.5. The smallest absolute Gasteiger partial charge is 0.221 e. The lowest BCUT2D eigenvalue weighted by molar-refractivity contribution is -0.488. The van der Waals surface area contributed by atoms with Crippen LogP contribution >= 0.6 is 0 Å². The van der Waals surface area contributed by atoms with Crippen LogP contribution in [0.1, 0.15) is 167 Å². The molecule has 10 rings (SSSR count). The predicted octanol–water partition coefficient (Wildman–Crippen LogP) is 10.7. The number of aliphatic hydroxyl groups excluding tert-OH is 2. The van der Waals surface area contributed by atoms with Crippen molar-refractivity contribution in [2.45, 2.75) is 242 Å². The lowest BCUT2D eigenvalue weighted by atomic mass is 9.89. The zero-order chi connectivity index (χ0) is 51.4. The average molecular weight is 1040 g/mol. The summed E-state index contributed by atoms with van der Waals surface area (Å²) in [6.07, 6.45) is 19.0. The number of benzene rings is 2. The highest BCUT2D eigenvalue weighted by Gasteiger charge is 2.63. The van der Waals surface area contributed by atoms with Gasteiger partial charge in [0.15, 0.2) is 12.6 Å². The Hall–Kier alpha value is -2.12. The molecule has 4 aliphatic heterocycles. The fourth-order valence-electron chi connectivity index (χ4n) is 12.5. The first-order valence-electron chi connectivity index (χ1n) is 29.1. The Morgan fingerprint density at radius 3 is 0.946 bits per heavy atom. The zero-order valence-electron chi connectivity index (χ0n) is 45.3. The molecular weight excluding hydrogens is 945 g/mol. The molecule has 2 aromatic carbocycles. The molecule has 416 valence electrons. The number of ether oxygens (including phenoxy) is 12. The van der Waals surface area contributed by atoms with Gasteiger partial charge in [-0.05, 0) is 114 Å². The van der Waals surface area contributed by atoms with Crippen LogP contribution in [-0.4, -0.2) is 122 Å². The molecule has 74 heavy (non-hydrogen) atoms. The lowest BCUT2D eigenvalue weighted by Gasteiger charge is -2.56. The number of hydrogen-bond acceptors (Lipinski definition) is 14. The van der Waals surface area contributed by atoms with Crippen LogP contribution in [0.15, 0.2) is 60.7 Å². The highest BCUT2D eigenvalue weighted by molar-refractivity contribution is 5.14. The molecule has 14 nitrogen and oxygen atoms in total. The summed E-state index contributed by atoms with van der Waals surface area (Å²) >= 11 is 0. The van der Waals surface area contributed by atoms with Gasteiger partial charge >= 0.3 is 0 Å². The van der Waals surface area contributed by atoms with Gasteiger partial charge in [0.05, 0.1) is 52.9 Å². The third-order valence-electron chi connectivity index (χ3n) is 17.7. The van der Waals surface area contributed by atoms with Crippen LogP contribution in [0, 0.1) is 23.7 Å². The molecule has 2 N–H and O–H groups in total. The largest absolute Gasteiger partial charge is 0.388 e. The van der Waals surface area contributed by atoms with E-state index in [-0.39, 0.29) is 13.2 Å². The molecule has 4 heterocycles. The summed E-state index contributed by atoms with van der Waals surface area (Å²) < 4.78 is 77.2. The van der Waals surface area contributed by atoms with Crippen LogP contribution in [0.25, 0.3) is 0 Å². The fourth-order valence-corrected chi connectivity index (χ4v) is 12.5. The van der Waals surface area contributed by atoms with Crippen molar-refractivity contribution in [2.24, 2.45) is 23.7 Å². The van der Waals surface area contributed by atoms with Gasteiger partial charge in [0.2, 0.25) is 23.1 Å². The molecule has 0 bridgehead atoms. The fraction of sp³-hybridized carbons (Fsp3) is 0.800. The summed E-state index contributed by atoms with van der Waals surface area (Å²) in [6, 6.07) is 20.0. The second-order valence-electron chi connectivity index (χ2n) is 23.5. The Morgan fingerprint density at radius 1 is 0.392 bits per heavy atom. The van der Waals surface area contributed by atoms with E-state index in [2.05, 4.69) is 0 Å². The normalized spacial score (nSPS) is 37.8. The summed E-state index contributed by atoms with van der Waals surface area (Å²) in [5, 5.41) is 21.8. The van der Waals surface area contributed by atoms with Gasteiger partial charge in [0.1, 0.15) is 36.6 Å². The molecule has 12 atom stereocenters. The van der Waals surface area contributed by atoms with Crippen LogP contribution in [0.3, 0.4) is 0 Å². The SMILES string of the molecule is C[C@@]1(OCC2CCCCC2)O[C@@H]2[C@@H](O[C@@]1(C)OCC1CCCCC1)[C@@H](OCc1ccccc1)OC[C@@H]2O.C[C@@]1(OCC2CCCCC2)O[C@@H]2[C@@H](O[C@@]1(C)OCC1CCCCC1)[C@@H](OCc1ccccc1)OC[C@@H]2O. The van der Waals surface area contributed by atoms with Crippen molar-refractivity contribution in [3.8, 4) is 0 Å². The molecule has 8 aliphatic rings. The van der Waals surface area contributed by atoms with E-state index in [0.717, 1.165) is 11.1 Å². The van der Waals surface area contributed by atoms with E-state index >= 15 is 0 Å². The van der Waals surface area contributed by atoms with Gasteiger partial charge in [-0.1, -0.05) is 138 Å². The molecule has 0 aromatic heterocycles. The van der Waals surface area contributed by atoms with Gasteiger partial charge in [-0.2, -0.15) is 0 Å². The van der Waals surface area contributed by atoms with Crippen LogP contribution in [-0.2, 0) is 70.1 Å². The minimum atomic E-state index is -1.17. The third-order valence-corrected chi connectivity index (χ3v) is 17.7. The molecule has 0 radical (unpaired) electrons. The summed E-state index contributed by atoms with van der Waals surface area (Å²) in [5.74, 6) is -2.64. The van der Waals surface area contributed by atoms with Crippen LogP contribution in [0.4, 0.5) is 0 Å². The molecule has 0 unspecified atom stereocenters. The minimum absolute atomic E-state index is 0.113. The lowest BCUT2D eigenvalue weighted by Crippen LogP contribution is -2.72. The Labute approximate surface area is 442 Å². The van der Waals surface area contributed by atoms with E-state index < -0.39 is 72.4 Å². The van der Waals surface area contributed by atoms with Crippen LogP contribution in [0.2, 0.25) is 0 Å². The highest BCUT2D eigenvalue weighted by Crippen LogP contribution is 2.47. The average Bonchev–Trinajstić information content (AvgIpc) is 3.44. The highest BCUT2D eigenvalue weighted by atomic mass is 16.8. The Bertz CT molecular complexity index is 1790. The molecule has 4 aliphatic carbocycles. The molecule has 0 spiro atoms. The first-order chi connectivity index (χ1) is 35.9. The van der Waals surface area contributed by atoms with Crippen LogP contribution < -0.4 is 0 Å². The zero-order valence-corrected chi connectivity index (χ0v) is 45.3. The van der Waals surface area contributed by atoms with Crippen molar-refractivity contribution in [1.29, 1.82) is 0 Å². The van der Waals surface area contributed by atoms with E-state index in [1.54, 1.807) is 0 Å². The van der Waals surface area contributed by atoms with Crippen molar-refractivity contribution in [2.75, 3.05) is 39.6 Å². The van der Waals surface area contributed by atoms with E-state index in [1.807, 2.05) is 88.4 Å². The van der Waals surface area contributed by atoms with Crippen molar-refractivity contribution in [1.82, 2.24) is 0 Å². The van der Waals surface area contributed by atoms with Gasteiger partial charge in [-0.3, -0.25) is 0 Å². The van der Waals surface area contributed by atoms with Gasteiger partial charge in [-0.25, -0.2) is 0 Å². The molecule has 14 heteroatoms. The summed E-state index contributed by atoms with van der Waals surface area (Å²) in [4.78, 5) is 0. The van der Waals surface area contributed by atoms with E-state index in [0.29, 0.717) is 63.3 Å². The monoisotopic (exact) mass is 1040 g/mol. The summed E-state index contributed by atoms with van der Waals surface area (Å²) in [6.45, 7) is 11.0. The second kappa shape index (κ2) is 26.7. The molecule has 4 saturated carbocycles. The molecule has 2 aromatic rings.